The van der Waals surface area contributed by atoms with E-state index in [2.05, 4.69) is 11.6 Å². The van der Waals surface area contributed by atoms with Crippen LogP contribution >= 0.6 is 0 Å². The molecule has 0 aliphatic heterocycles. The third-order valence-corrected chi connectivity index (χ3v) is 1.58. The van der Waals surface area contributed by atoms with Crippen molar-refractivity contribution in [2.75, 3.05) is 6.61 Å². The lowest BCUT2D eigenvalue weighted by molar-refractivity contribution is -0.389. The summed E-state index contributed by atoms with van der Waals surface area (Å²) >= 11 is 0. The van der Waals surface area contributed by atoms with Gasteiger partial charge in [-0.15, -0.1) is 0 Å². The van der Waals surface area contributed by atoms with E-state index < -0.39 is 4.92 Å². The average Bonchev–Trinajstić information content (AvgIpc) is 2.31. The SMILES string of the molecule is C=C(C)COCc1cccc([N+](=O)[O-])n1.CC. The van der Waals surface area contributed by atoms with Gasteiger partial charge in [-0.1, -0.05) is 26.0 Å². The van der Waals surface area contributed by atoms with Crippen LogP contribution in [0.1, 0.15) is 26.5 Å². The van der Waals surface area contributed by atoms with Crippen molar-refractivity contribution < 1.29 is 9.66 Å². The largest absolute Gasteiger partial charge is 0.368 e. The highest BCUT2D eigenvalue weighted by molar-refractivity contribution is 5.21. The first-order valence-electron chi connectivity index (χ1n) is 5.42. The van der Waals surface area contributed by atoms with E-state index >= 15 is 0 Å². The normalized spacial score (nSPS) is 9.12. The Bertz CT molecular complexity index is 378. The van der Waals surface area contributed by atoms with Crippen molar-refractivity contribution in [2.45, 2.75) is 27.4 Å². The Labute approximate surface area is 101 Å². The summed E-state index contributed by atoms with van der Waals surface area (Å²) in [5.74, 6) is -0.161. The van der Waals surface area contributed by atoms with Crippen molar-refractivity contribution in [3.8, 4) is 0 Å². The number of rotatable bonds is 5. The number of ether oxygens (including phenoxy) is 1. The molecule has 1 heterocycles. The number of nitro groups is 1. The van der Waals surface area contributed by atoms with Crippen LogP contribution in [0.25, 0.3) is 0 Å². The zero-order valence-electron chi connectivity index (χ0n) is 10.5. The molecule has 0 saturated carbocycles. The van der Waals surface area contributed by atoms with Crippen molar-refractivity contribution in [1.29, 1.82) is 0 Å². The lowest BCUT2D eigenvalue weighted by Gasteiger charge is -2.00. The van der Waals surface area contributed by atoms with Gasteiger partial charge in [0.25, 0.3) is 0 Å². The summed E-state index contributed by atoms with van der Waals surface area (Å²) in [4.78, 5) is 13.7. The van der Waals surface area contributed by atoms with Gasteiger partial charge in [0, 0.05) is 6.07 Å². The van der Waals surface area contributed by atoms with Crippen molar-refractivity contribution in [3.05, 3.63) is 46.2 Å². The molecule has 17 heavy (non-hydrogen) atoms. The Morgan fingerprint density at radius 1 is 1.53 bits per heavy atom. The highest BCUT2D eigenvalue weighted by Gasteiger charge is 2.08. The quantitative estimate of drug-likeness (QED) is 0.449. The minimum Gasteiger partial charge on any atom is -0.368 e. The molecule has 5 heteroatoms. The number of aromatic nitrogens is 1. The molecule has 0 bridgehead atoms. The number of pyridine rings is 1. The molecule has 0 N–H and O–H groups in total. The van der Waals surface area contributed by atoms with Crippen LogP contribution in [0.2, 0.25) is 0 Å². The van der Waals surface area contributed by atoms with E-state index in [1.54, 1.807) is 12.1 Å². The van der Waals surface area contributed by atoms with E-state index in [0.29, 0.717) is 12.3 Å². The molecule has 94 valence electrons. The summed E-state index contributed by atoms with van der Waals surface area (Å²) in [6.45, 7) is 10.2. The lowest BCUT2D eigenvalue weighted by atomic mass is 10.3. The molecule has 5 nitrogen and oxygen atoms in total. The number of nitrogens with zero attached hydrogens (tertiary/aromatic N) is 2. The van der Waals surface area contributed by atoms with Gasteiger partial charge in [-0.25, -0.2) is 0 Å². The summed E-state index contributed by atoms with van der Waals surface area (Å²) in [5, 5.41) is 10.4. The van der Waals surface area contributed by atoms with Crippen molar-refractivity contribution in [1.82, 2.24) is 4.98 Å². The Balaban J connectivity index is 0.00000121. The summed E-state index contributed by atoms with van der Waals surface area (Å²) in [7, 11) is 0. The van der Waals surface area contributed by atoms with E-state index in [0.717, 1.165) is 5.57 Å². The van der Waals surface area contributed by atoms with Gasteiger partial charge in [-0.2, -0.15) is 0 Å². The molecule has 0 atom stereocenters. The molecule has 1 aromatic heterocycles. The minimum atomic E-state index is -0.526. The van der Waals surface area contributed by atoms with Crippen LogP contribution in [0, 0.1) is 10.1 Å². The summed E-state index contributed by atoms with van der Waals surface area (Å²) in [5.41, 5.74) is 1.45. The Morgan fingerprint density at radius 2 is 2.18 bits per heavy atom. The van der Waals surface area contributed by atoms with Crippen molar-refractivity contribution in [3.63, 3.8) is 0 Å². The van der Waals surface area contributed by atoms with Gasteiger partial charge < -0.3 is 14.9 Å². The first kappa shape index (κ1) is 15.2. The van der Waals surface area contributed by atoms with Crippen LogP contribution in [-0.4, -0.2) is 16.5 Å². The third-order valence-electron chi connectivity index (χ3n) is 1.58. The zero-order valence-corrected chi connectivity index (χ0v) is 10.5. The third kappa shape index (κ3) is 6.42. The van der Waals surface area contributed by atoms with Gasteiger partial charge in [0.1, 0.15) is 6.61 Å². The van der Waals surface area contributed by atoms with Crippen molar-refractivity contribution in [2.24, 2.45) is 0 Å². The highest BCUT2D eigenvalue weighted by atomic mass is 16.6. The van der Waals surface area contributed by atoms with E-state index in [9.17, 15) is 10.1 Å². The van der Waals surface area contributed by atoms with Crippen LogP contribution in [0.4, 0.5) is 5.82 Å². The fourth-order valence-electron chi connectivity index (χ4n) is 0.979. The fourth-order valence-corrected chi connectivity index (χ4v) is 0.979. The van der Waals surface area contributed by atoms with Gasteiger partial charge in [-0.05, 0) is 29.0 Å². The zero-order chi connectivity index (χ0) is 13.3. The molecule has 0 radical (unpaired) electrons. The molecule has 0 fully saturated rings. The molecule has 0 aromatic carbocycles. The summed E-state index contributed by atoms with van der Waals surface area (Å²) < 4.78 is 5.23. The van der Waals surface area contributed by atoms with Crippen LogP contribution in [0.15, 0.2) is 30.4 Å². The molecule has 0 amide bonds. The predicted octanol–water partition coefficient (Wildman–Crippen LogP) is 3.11. The van der Waals surface area contributed by atoms with Gasteiger partial charge in [0.2, 0.25) is 0 Å². The van der Waals surface area contributed by atoms with E-state index in [1.807, 2.05) is 20.8 Å². The minimum absolute atomic E-state index is 0.161. The van der Waals surface area contributed by atoms with Crippen molar-refractivity contribution >= 4 is 5.82 Å². The maximum atomic E-state index is 10.4. The van der Waals surface area contributed by atoms with Gasteiger partial charge in [0.15, 0.2) is 5.69 Å². The van der Waals surface area contributed by atoms with E-state index in [1.165, 1.54) is 6.07 Å². The molecule has 0 aliphatic rings. The summed E-state index contributed by atoms with van der Waals surface area (Å²) in [6, 6.07) is 4.62. The Kier molecular flexibility index (Phi) is 7.54. The maximum absolute atomic E-state index is 10.4. The smallest absolute Gasteiger partial charge is 0.363 e. The predicted molar refractivity (Wildman–Crippen MR) is 66.7 cm³/mol. The molecule has 0 aliphatic carbocycles. The van der Waals surface area contributed by atoms with Gasteiger partial charge >= 0.3 is 5.82 Å². The maximum Gasteiger partial charge on any atom is 0.363 e. The molecule has 0 saturated heterocycles. The van der Waals surface area contributed by atoms with Crippen LogP contribution in [-0.2, 0) is 11.3 Å². The Morgan fingerprint density at radius 3 is 2.71 bits per heavy atom. The van der Waals surface area contributed by atoms with E-state index in [4.69, 9.17) is 4.74 Å². The Hall–Kier alpha value is -1.75. The van der Waals surface area contributed by atoms with E-state index in [-0.39, 0.29) is 12.4 Å². The second-order valence-electron chi connectivity index (χ2n) is 3.19. The molecule has 0 spiro atoms. The molecule has 1 aromatic rings. The molecular formula is C12H18N2O3. The summed E-state index contributed by atoms with van der Waals surface area (Å²) in [6.07, 6.45) is 0. The molecule has 1 rings (SSSR count). The van der Waals surface area contributed by atoms with Crippen LogP contribution < -0.4 is 0 Å². The monoisotopic (exact) mass is 238 g/mol. The fraction of sp³-hybridized carbons (Fsp3) is 0.417. The van der Waals surface area contributed by atoms with Gasteiger partial charge in [0.05, 0.1) is 6.61 Å². The van der Waals surface area contributed by atoms with Crippen LogP contribution in [0.5, 0.6) is 0 Å². The molecule has 0 unspecified atom stereocenters. The van der Waals surface area contributed by atoms with Crippen LogP contribution in [0.3, 0.4) is 0 Å². The molecular weight excluding hydrogens is 220 g/mol. The second-order valence-corrected chi connectivity index (χ2v) is 3.19. The average molecular weight is 238 g/mol. The second kappa shape index (κ2) is 8.41. The highest BCUT2D eigenvalue weighted by Crippen LogP contribution is 2.08. The first-order chi connectivity index (χ1) is 8.09. The standard InChI is InChI=1S/C10H12N2O3.C2H6/c1-8(2)6-15-7-9-4-3-5-10(11-9)12(13)14;1-2/h3-5H,1,6-7H2,2H3;1-2H3. The number of hydrogen-bond donors (Lipinski definition) is 0. The van der Waals surface area contributed by atoms with Gasteiger partial charge in [-0.3, -0.25) is 0 Å². The first-order valence-corrected chi connectivity index (χ1v) is 5.42. The number of hydrogen-bond acceptors (Lipinski definition) is 4. The topological polar surface area (TPSA) is 65.3 Å². The lowest BCUT2D eigenvalue weighted by Crippen LogP contribution is -2.00.